The highest BCUT2D eigenvalue weighted by atomic mass is 32.2. The third-order valence-electron chi connectivity index (χ3n) is 4.58. The molecule has 0 unspecified atom stereocenters. The quantitative estimate of drug-likeness (QED) is 0.552. The van der Waals surface area contributed by atoms with Gasteiger partial charge in [0.15, 0.2) is 5.82 Å². The predicted octanol–water partition coefficient (Wildman–Crippen LogP) is -0.692. The number of aromatic nitrogens is 2. The molecule has 0 aliphatic carbocycles. The van der Waals surface area contributed by atoms with Crippen molar-refractivity contribution in [2.45, 2.75) is 17.8 Å². The largest absolute Gasteiger partial charge is 0.500 e. The van der Waals surface area contributed by atoms with Gasteiger partial charge < -0.3 is 15.8 Å². The standard InChI is InChI=1S/C17H15B3F2N6O4S/c1-16(7-33(30,31)28(2)15(23)27-16)12-8(21)3-4-9(13(12)22)26-14(29)10-5-25-11(6-24-10)32-17(18,19)20/h3-6H,7H2,1-2H3,(H2,23,27)(H,26,29)/t16-/m0/s1. The van der Waals surface area contributed by atoms with Gasteiger partial charge in [0, 0.05) is 7.05 Å². The second-order valence-electron chi connectivity index (χ2n) is 7.40. The molecule has 10 nitrogen and oxygen atoms in total. The third kappa shape index (κ3) is 5.10. The average Bonchev–Trinajstić information content (AvgIpc) is 2.67. The lowest BCUT2D eigenvalue weighted by Gasteiger charge is -2.35. The molecule has 1 aliphatic heterocycles. The van der Waals surface area contributed by atoms with Crippen molar-refractivity contribution in [3.05, 3.63) is 47.4 Å². The van der Waals surface area contributed by atoms with Crippen LogP contribution in [0.15, 0.2) is 29.5 Å². The predicted molar refractivity (Wildman–Crippen MR) is 117 cm³/mol. The average molecular weight is 470 g/mol. The van der Waals surface area contributed by atoms with Crippen LogP contribution < -0.4 is 15.8 Å². The van der Waals surface area contributed by atoms with Crippen molar-refractivity contribution in [1.82, 2.24) is 14.3 Å². The fourth-order valence-electron chi connectivity index (χ4n) is 3.07. The molecule has 0 bridgehead atoms. The molecule has 1 aliphatic rings. The molecule has 0 saturated heterocycles. The number of benzene rings is 1. The molecule has 16 heteroatoms. The van der Waals surface area contributed by atoms with E-state index < -0.39 is 61.4 Å². The Morgan fingerprint density at radius 3 is 2.48 bits per heavy atom. The number of halogens is 2. The van der Waals surface area contributed by atoms with E-state index in [-0.39, 0.29) is 11.6 Å². The number of aliphatic imine (C=N–C) groups is 1. The van der Waals surface area contributed by atoms with Gasteiger partial charge in [-0.05, 0) is 24.4 Å². The van der Waals surface area contributed by atoms with Crippen LogP contribution in [0.4, 0.5) is 14.5 Å². The van der Waals surface area contributed by atoms with Gasteiger partial charge in [0.05, 0.1) is 29.4 Å². The molecule has 6 radical (unpaired) electrons. The topological polar surface area (TPSA) is 140 Å². The Kier molecular flexibility index (Phi) is 6.17. The van der Waals surface area contributed by atoms with Crippen molar-refractivity contribution in [3.63, 3.8) is 0 Å². The van der Waals surface area contributed by atoms with E-state index >= 15 is 4.39 Å². The van der Waals surface area contributed by atoms with Crippen molar-refractivity contribution in [2.75, 3.05) is 18.1 Å². The zero-order chi connectivity index (χ0) is 24.8. The zero-order valence-corrected chi connectivity index (χ0v) is 18.2. The summed E-state index contributed by atoms with van der Waals surface area (Å²) in [6.07, 6.45) is 1.99. The Morgan fingerprint density at radius 2 is 1.94 bits per heavy atom. The molecule has 1 aromatic carbocycles. The van der Waals surface area contributed by atoms with E-state index in [1.807, 2.05) is 0 Å². The minimum absolute atomic E-state index is 0.179. The van der Waals surface area contributed by atoms with Crippen molar-refractivity contribution in [3.8, 4) is 5.88 Å². The van der Waals surface area contributed by atoms with Crippen molar-refractivity contribution in [2.24, 2.45) is 10.7 Å². The molecule has 1 aromatic heterocycles. The van der Waals surface area contributed by atoms with Crippen LogP contribution in [0.25, 0.3) is 0 Å². The van der Waals surface area contributed by atoms with Gasteiger partial charge in [0.1, 0.15) is 40.6 Å². The lowest BCUT2D eigenvalue weighted by molar-refractivity contribution is 0.102. The minimum Gasteiger partial charge on any atom is -0.500 e. The van der Waals surface area contributed by atoms with Gasteiger partial charge >= 0.3 is 0 Å². The maximum Gasteiger partial charge on any atom is 0.275 e. The second kappa shape index (κ2) is 8.32. The summed E-state index contributed by atoms with van der Waals surface area (Å²) in [6.45, 7) is 1.22. The van der Waals surface area contributed by atoms with Gasteiger partial charge in [0.2, 0.25) is 21.9 Å². The first-order valence-electron chi connectivity index (χ1n) is 9.12. The summed E-state index contributed by atoms with van der Waals surface area (Å²) in [6, 6.07) is 1.82. The number of rotatable bonds is 5. The van der Waals surface area contributed by atoms with E-state index in [1.54, 1.807) is 0 Å². The van der Waals surface area contributed by atoms with Crippen LogP contribution in [0.1, 0.15) is 23.0 Å². The van der Waals surface area contributed by atoms with Crippen LogP contribution in [0.2, 0.25) is 0 Å². The van der Waals surface area contributed by atoms with Gasteiger partial charge in [-0.2, -0.15) is 0 Å². The molecule has 0 fully saturated rings. The van der Waals surface area contributed by atoms with Crippen LogP contribution in [-0.2, 0) is 15.6 Å². The summed E-state index contributed by atoms with van der Waals surface area (Å²) in [5.41, 5.74) is 2.36. The normalized spacial score (nSPS) is 20.1. The molecule has 3 rings (SSSR count). The van der Waals surface area contributed by atoms with Crippen molar-refractivity contribution >= 4 is 51.1 Å². The number of carbonyl (C=O) groups is 1. The fourth-order valence-corrected chi connectivity index (χ4v) is 4.51. The number of anilines is 1. The van der Waals surface area contributed by atoms with Gasteiger partial charge in [-0.15, -0.1) is 0 Å². The summed E-state index contributed by atoms with van der Waals surface area (Å²) in [7, 11) is 13.0. The smallest absolute Gasteiger partial charge is 0.275 e. The number of ether oxygens (including phenoxy) is 1. The highest BCUT2D eigenvalue weighted by Gasteiger charge is 2.44. The van der Waals surface area contributed by atoms with E-state index in [0.717, 1.165) is 24.5 Å². The number of nitrogens with zero attached hydrogens (tertiary/aromatic N) is 4. The maximum absolute atomic E-state index is 15.3. The number of guanidine groups is 1. The van der Waals surface area contributed by atoms with Crippen LogP contribution in [0.5, 0.6) is 5.88 Å². The molecular formula is C17H15B3F2N6O4S. The van der Waals surface area contributed by atoms with Crippen molar-refractivity contribution in [1.29, 1.82) is 0 Å². The number of amides is 1. The second-order valence-corrected chi connectivity index (χ2v) is 9.40. The third-order valence-corrected chi connectivity index (χ3v) is 6.53. The van der Waals surface area contributed by atoms with Gasteiger partial charge in [-0.25, -0.2) is 36.5 Å². The van der Waals surface area contributed by atoms with E-state index in [4.69, 9.17) is 34.0 Å². The Morgan fingerprint density at radius 1 is 1.27 bits per heavy atom. The van der Waals surface area contributed by atoms with Crippen LogP contribution >= 0.6 is 0 Å². The van der Waals surface area contributed by atoms with Crippen molar-refractivity contribution < 1.29 is 26.7 Å². The Bertz CT molecular complexity index is 1240. The van der Waals surface area contributed by atoms with Gasteiger partial charge in [-0.1, -0.05) is 0 Å². The summed E-state index contributed by atoms with van der Waals surface area (Å²) in [5.74, 6) is -4.57. The number of carbonyl (C=O) groups excluding carboxylic acids is 1. The first-order valence-corrected chi connectivity index (χ1v) is 10.7. The molecule has 2 heterocycles. The Balaban J connectivity index is 1.93. The highest BCUT2D eigenvalue weighted by molar-refractivity contribution is 7.89. The molecule has 33 heavy (non-hydrogen) atoms. The maximum atomic E-state index is 15.3. The molecule has 0 saturated carbocycles. The monoisotopic (exact) mass is 470 g/mol. The lowest BCUT2D eigenvalue weighted by atomic mass is 9.52. The van der Waals surface area contributed by atoms with E-state index in [0.29, 0.717) is 4.31 Å². The minimum atomic E-state index is -4.00. The molecule has 1 amide bonds. The van der Waals surface area contributed by atoms with E-state index in [9.17, 15) is 17.6 Å². The SMILES string of the molecule is [B]C([B])([B])Oc1cnc(C(=O)Nc2ccc(F)c([C@]3(C)CS(=O)(=O)N(C)C(N)=N3)c2F)cn1. The van der Waals surface area contributed by atoms with Crippen LogP contribution in [-0.4, -0.2) is 76.2 Å². The van der Waals surface area contributed by atoms with Crippen LogP contribution in [0.3, 0.4) is 0 Å². The number of nitrogens with two attached hydrogens (primary N) is 1. The summed E-state index contributed by atoms with van der Waals surface area (Å²) in [4.78, 5) is 24.0. The number of nitrogens with one attached hydrogen (secondary N) is 1. The Labute approximate surface area is 192 Å². The summed E-state index contributed by atoms with van der Waals surface area (Å²) >= 11 is 0. The highest BCUT2D eigenvalue weighted by Crippen LogP contribution is 2.37. The first kappa shape index (κ1) is 24.5. The molecule has 166 valence electrons. The van der Waals surface area contributed by atoms with E-state index in [1.165, 1.54) is 14.0 Å². The first-order chi connectivity index (χ1) is 15.1. The van der Waals surface area contributed by atoms with Gasteiger partial charge in [-0.3, -0.25) is 4.79 Å². The zero-order valence-electron chi connectivity index (χ0n) is 17.4. The molecule has 1 atom stereocenters. The number of sulfonamides is 1. The van der Waals surface area contributed by atoms with Gasteiger partial charge in [0.25, 0.3) is 5.91 Å². The lowest BCUT2D eigenvalue weighted by Crippen LogP contribution is -2.50. The number of hydrogen-bond donors (Lipinski definition) is 2. The van der Waals surface area contributed by atoms with Crippen LogP contribution in [0, 0.1) is 11.6 Å². The summed E-state index contributed by atoms with van der Waals surface area (Å²) < 4.78 is 60.2. The molecule has 0 spiro atoms. The number of hydrogen-bond acceptors (Lipinski definition) is 8. The van der Waals surface area contributed by atoms with E-state index in [2.05, 4.69) is 20.3 Å². The molecule has 2 aromatic rings. The fraction of sp³-hybridized carbons (Fsp3) is 0.294. The summed E-state index contributed by atoms with van der Waals surface area (Å²) in [5, 5.41) is 0.203. The molecule has 3 N–H and O–H groups in total. The molecular weight excluding hydrogens is 455 g/mol. The Hall–Kier alpha value is -3.16.